The molecule has 3 aromatic rings. The average Bonchev–Trinajstić information content (AvgIpc) is 3.42. The molecule has 162 valence electrons. The van der Waals surface area contributed by atoms with Gasteiger partial charge >= 0.3 is 0 Å². The Morgan fingerprint density at radius 3 is 2.52 bits per heavy atom. The third kappa shape index (κ3) is 4.12. The predicted octanol–water partition coefficient (Wildman–Crippen LogP) is 3.67. The summed E-state index contributed by atoms with van der Waals surface area (Å²) in [7, 11) is -3.39. The number of benzene rings is 2. The zero-order valence-corrected chi connectivity index (χ0v) is 18.5. The number of hydrogen-bond donors (Lipinski definition) is 0. The molecule has 0 bridgehead atoms. The van der Waals surface area contributed by atoms with Crippen LogP contribution in [0.4, 0.5) is 5.69 Å². The van der Waals surface area contributed by atoms with E-state index in [4.69, 9.17) is 0 Å². The predicted molar refractivity (Wildman–Crippen MR) is 122 cm³/mol. The standard InChI is InChI=1S/C24H28N4O2S/c29-31(30,28-13-5-2-6-14-28)22-9-10-23-21(17-22)11-15-26(23)19-24-25-12-16-27(24)18-20-7-3-1-4-8-20/h1,3-4,7-10,12,16-17H,2,5-6,11,13-15,18-19H2. The second kappa shape index (κ2) is 8.48. The van der Waals surface area contributed by atoms with Gasteiger partial charge in [0.25, 0.3) is 0 Å². The molecule has 1 aromatic heterocycles. The van der Waals surface area contributed by atoms with Gasteiger partial charge in [-0.2, -0.15) is 4.31 Å². The van der Waals surface area contributed by atoms with Crippen molar-refractivity contribution in [3.63, 3.8) is 0 Å². The molecule has 0 N–H and O–H groups in total. The molecule has 0 aliphatic carbocycles. The Hall–Kier alpha value is -2.64. The second-order valence-corrected chi connectivity index (χ2v) is 10.3. The molecule has 2 aliphatic heterocycles. The summed E-state index contributed by atoms with van der Waals surface area (Å²) < 4.78 is 29.9. The Kier molecular flexibility index (Phi) is 5.54. The van der Waals surface area contributed by atoms with Crippen LogP contribution in [0.15, 0.2) is 65.8 Å². The van der Waals surface area contributed by atoms with E-state index >= 15 is 0 Å². The summed E-state index contributed by atoms with van der Waals surface area (Å²) in [6.07, 6.45) is 7.75. The highest BCUT2D eigenvalue weighted by Gasteiger charge is 2.28. The Balaban J connectivity index is 1.34. The molecule has 7 heteroatoms. The maximum Gasteiger partial charge on any atom is 0.243 e. The number of nitrogens with zero attached hydrogens (tertiary/aromatic N) is 4. The van der Waals surface area contributed by atoms with Crippen molar-refractivity contribution in [2.24, 2.45) is 0 Å². The SMILES string of the molecule is O=S(=O)(c1ccc2c(c1)CCN2Cc1nccn1Cc1ccccc1)N1CCCCC1. The van der Waals surface area contributed by atoms with Gasteiger partial charge < -0.3 is 9.47 Å². The van der Waals surface area contributed by atoms with E-state index in [1.165, 1.54) is 5.56 Å². The molecule has 0 radical (unpaired) electrons. The van der Waals surface area contributed by atoms with E-state index in [0.29, 0.717) is 24.5 Å². The summed E-state index contributed by atoms with van der Waals surface area (Å²) >= 11 is 0. The number of imidazole rings is 1. The molecule has 3 heterocycles. The van der Waals surface area contributed by atoms with Gasteiger partial charge in [-0.25, -0.2) is 13.4 Å². The summed E-state index contributed by atoms with van der Waals surface area (Å²) in [5, 5.41) is 0. The van der Waals surface area contributed by atoms with Crippen molar-refractivity contribution in [3.05, 3.63) is 77.9 Å². The topological polar surface area (TPSA) is 58.4 Å². The van der Waals surface area contributed by atoms with Crippen LogP contribution in [0.1, 0.15) is 36.2 Å². The first-order chi connectivity index (χ1) is 15.1. The minimum Gasteiger partial charge on any atom is -0.363 e. The highest BCUT2D eigenvalue weighted by Crippen LogP contribution is 2.32. The number of aromatic nitrogens is 2. The fourth-order valence-corrected chi connectivity index (χ4v) is 6.18. The third-order valence-electron chi connectivity index (χ3n) is 6.33. The second-order valence-electron chi connectivity index (χ2n) is 8.38. The van der Waals surface area contributed by atoms with E-state index in [2.05, 4.69) is 38.7 Å². The van der Waals surface area contributed by atoms with E-state index in [0.717, 1.165) is 55.8 Å². The number of hydrogen-bond acceptors (Lipinski definition) is 4. The van der Waals surface area contributed by atoms with Gasteiger partial charge in [-0.15, -0.1) is 0 Å². The molecule has 1 saturated heterocycles. The molecule has 6 nitrogen and oxygen atoms in total. The molecule has 31 heavy (non-hydrogen) atoms. The largest absolute Gasteiger partial charge is 0.363 e. The highest BCUT2D eigenvalue weighted by molar-refractivity contribution is 7.89. The zero-order chi connectivity index (χ0) is 21.3. The van der Waals surface area contributed by atoms with Gasteiger partial charge in [0, 0.05) is 44.3 Å². The summed E-state index contributed by atoms with van der Waals surface area (Å²) in [6, 6.07) is 16.0. The van der Waals surface area contributed by atoms with Gasteiger partial charge in [0.2, 0.25) is 10.0 Å². The van der Waals surface area contributed by atoms with Gasteiger partial charge in [-0.3, -0.25) is 0 Å². The molecule has 2 aliphatic rings. The number of rotatable bonds is 6. The summed E-state index contributed by atoms with van der Waals surface area (Å²) in [6.45, 7) is 3.65. The van der Waals surface area contributed by atoms with Crippen molar-refractivity contribution in [2.75, 3.05) is 24.5 Å². The Labute approximate surface area is 184 Å². The van der Waals surface area contributed by atoms with Gasteiger partial charge in [-0.05, 0) is 48.6 Å². The molecule has 5 rings (SSSR count). The van der Waals surface area contributed by atoms with Gasteiger partial charge in [0.15, 0.2) is 0 Å². The fourth-order valence-electron chi connectivity index (χ4n) is 4.61. The minimum atomic E-state index is -3.39. The van der Waals surface area contributed by atoms with E-state index < -0.39 is 10.0 Å². The summed E-state index contributed by atoms with van der Waals surface area (Å²) in [5.41, 5.74) is 3.47. The molecule has 0 spiro atoms. The van der Waals surface area contributed by atoms with Crippen molar-refractivity contribution in [1.29, 1.82) is 0 Å². The number of fused-ring (bicyclic) bond motifs is 1. The zero-order valence-electron chi connectivity index (χ0n) is 17.7. The van der Waals surface area contributed by atoms with E-state index in [1.807, 2.05) is 30.6 Å². The first-order valence-electron chi connectivity index (χ1n) is 11.0. The lowest BCUT2D eigenvalue weighted by Crippen LogP contribution is -2.35. The molecule has 0 amide bonds. The van der Waals surface area contributed by atoms with Crippen LogP contribution < -0.4 is 4.90 Å². The van der Waals surface area contributed by atoms with Crippen LogP contribution in [0.25, 0.3) is 0 Å². The Morgan fingerprint density at radius 1 is 0.903 bits per heavy atom. The van der Waals surface area contributed by atoms with Crippen molar-refractivity contribution in [1.82, 2.24) is 13.9 Å². The van der Waals surface area contributed by atoms with Crippen molar-refractivity contribution >= 4 is 15.7 Å². The van der Waals surface area contributed by atoms with Crippen molar-refractivity contribution < 1.29 is 8.42 Å². The first kappa shape index (κ1) is 20.3. The lowest BCUT2D eigenvalue weighted by atomic mass is 10.2. The van der Waals surface area contributed by atoms with E-state index in [9.17, 15) is 8.42 Å². The lowest BCUT2D eigenvalue weighted by molar-refractivity contribution is 0.346. The van der Waals surface area contributed by atoms with Crippen LogP contribution in [0.2, 0.25) is 0 Å². The van der Waals surface area contributed by atoms with E-state index in [1.54, 1.807) is 10.4 Å². The molecule has 1 fully saturated rings. The minimum absolute atomic E-state index is 0.431. The lowest BCUT2D eigenvalue weighted by Gasteiger charge is -2.26. The highest BCUT2D eigenvalue weighted by atomic mass is 32.2. The third-order valence-corrected chi connectivity index (χ3v) is 8.22. The van der Waals surface area contributed by atoms with Crippen molar-refractivity contribution in [3.8, 4) is 0 Å². The van der Waals surface area contributed by atoms with Crippen LogP contribution in [-0.4, -0.2) is 41.9 Å². The van der Waals surface area contributed by atoms with Crippen LogP contribution in [0, 0.1) is 0 Å². The first-order valence-corrected chi connectivity index (χ1v) is 12.5. The van der Waals surface area contributed by atoms with Crippen LogP contribution in [-0.2, 0) is 29.5 Å². The Morgan fingerprint density at radius 2 is 1.71 bits per heavy atom. The maximum absolute atomic E-state index is 13.0. The molecule has 0 atom stereocenters. The van der Waals surface area contributed by atoms with Crippen LogP contribution >= 0.6 is 0 Å². The normalized spacial score (nSPS) is 17.1. The fraction of sp³-hybridized carbons (Fsp3) is 0.375. The smallest absolute Gasteiger partial charge is 0.243 e. The van der Waals surface area contributed by atoms with E-state index in [-0.39, 0.29) is 0 Å². The van der Waals surface area contributed by atoms with Gasteiger partial charge in [0.05, 0.1) is 11.4 Å². The van der Waals surface area contributed by atoms with Crippen LogP contribution in [0.3, 0.4) is 0 Å². The number of piperidine rings is 1. The monoisotopic (exact) mass is 436 g/mol. The number of anilines is 1. The quantitative estimate of drug-likeness (QED) is 0.592. The maximum atomic E-state index is 13.0. The molecule has 2 aromatic carbocycles. The van der Waals surface area contributed by atoms with Gasteiger partial charge in [-0.1, -0.05) is 36.8 Å². The average molecular weight is 437 g/mol. The summed E-state index contributed by atoms with van der Waals surface area (Å²) in [4.78, 5) is 7.32. The Bertz CT molecular complexity index is 1150. The molecule has 0 saturated carbocycles. The number of sulfonamides is 1. The molecular formula is C24H28N4O2S. The van der Waals surface area contributed by atoms with Gasteiger partial charge in [0.1, 0.15) is 5.82 Å². The molecule has 0 unspecified atom stereocenters. The van der Waals surface area contributed by atoms with Crippen LogP contribution in [0.5, 0.6) is 0 Å². The molecular weight excluding hydrogens is 408 g/mol. The summed E-state index contributed by atoms with van der Waals surface area (Å²) in [5.74, 6) is 1.02. The van der Waals surface area contributed by atoms with Crippen molar-refractivity contribution in [2.45, 2.75) is 43.7 Å².